The molecule has 124 valence electrons. The van der Waals surface area contributed by atoms with E-state index >= 15 is 0 Å². The Morgan fingerprint density at radius 3 is 2.50 bits per heavy atom. The van der Waals surface area contributed by atoms with Gasteiger partial charge in [0.25, 0.3) is 0 Å². The summed E-state index contributed by atoms with van der Waals surface area (Å²) in [6, 6.07) is 3.83. The predicted molar refractivity (Wildman–Crippen MR) is 94.6 cm³/mol. The summed E-state index contributed by atoms with van der Waals surface area (Å²) in [6.45, 7) is 7.18. The fraction of sp³-hybridized carbons (Fsp3) is 0.562. The number of carbonyl (C=O) groups excluding carboxylic acids is 1. The number of benzene rings is 1. The highest BCUT2D eigenvalue weighted by atomic mass is 79.9. The molecule has 0 bridgehead atoms. The Morgan fingerprint density at radius 2 is 1.91 bits per heavy atom. The van der Waals surface area contributed by atoms with Crippen LogP contribution in [0, 0.1) is 13.8 Å². The summed E-state index contributed by atoms with van der Waals surface area (Å²) in [6.07, 6.45) is 0.909. The Bertz CT molecular complexity index is 471. The molecule has 0 aliphatic heterocycles. The zero-order valence-corrected chi connectivity index (χ0v) is 15.4. The molecule has 1 aromatic rings. The van der Waals surface area contributed by atoms with Crippen molar-refractivity contribution in [2.45, 2.75) is 20.3 Å². The smallest absolute Gasteiger partial charge is 0.319 e. The van der Waals surface area contributed by atoms with E-state index in [0.29, 0.717) is 6.54 Å². The average molecular weight is 372 g/mol. The number of aryl methyl sites for hydroxylation is 2. The highest BCUT2D eigenvalue weighted by Gasteiger charge is 2.08. The maximum atomic E-state index is 12.0. The van der Waals surface area contributed by atoms with Gasteiger partial charge in [0.15, 0.2) is 0 Å². The van der Waals surface area contributed by atoms with Crippen LogP contribution in [0.25, 0.3) is 0 Å². The molecule has 0 fully saturated rings. The van der Waals surface area contributed by atoms with Gasteiger partial charge in [-0.05, 0) is 57.1 Å². The highest BCUT2D eigenvalue weighted by Crippen LogP contribution is 2.24. The molecule has 0 saturated carbocycles. The van der Waals surface area contributed by atoms with E-state index in [1.807, 2.05) is 33.0 Å². The first kappa shape index (κ1) is 18.9. The molecule has 6 heteroatoms. The van der Waals surface area contributed by atoms with Crippen LogP contribution in [0.2, 0.25) is 0 Å². The van der Waals surface area contributed by atoms with E-state index in [-0.39, 0.29) is 6.03 Å². The molecule has 0 radical (unpaired) electrons. The molecular weight excluding hydrogens is 346 g/mol. The lowest BCUT2D eigenvalue weighted by Crippen LogP contribution is -2.32. The minimum atomic E-state index is -0.159. The highest BCUT2D eigenvalue weighted by molar-refractivity contribution is 9.10. The minimum Gasteiger partial charge on any atom is -0.383 e. The maximum Gasteiger partial charge on any atom is 0.319 e. The number of rotatable bonds is 8. The summed E-state index contributed by atoms with van der Waals surface area (Å²) < 4.78 is 6.05. The van der Waals surface area contributed by atoms with Gasteiger partial charge in [-0.15, -0.1) is 0 Å². The molecule has 0 spiro atoms. The normalized spacial score (nSPS) is 10.8. The first-order chi connectivity index (χ1) is 10.4. The van der Waals surface area contributed by atoms with Gasteiger partial charge in [-0.1, -0.05) is 15.9 Å². The number of methoxy groups -OCH3 is 1. The Labute approximate surface area is 141 Å². The summed E-state index contributed by atoms with van der Waals surface area (Å²) in [7, 11) is 3.75. The number of hydrogen-bond acceptors (Lipinski definition) is 3. The molecule has 0 aliphatic carbocycles. The number of nitrogens with zero attached hydrogens (tertiary/aromatic N) is 1. The zero-order chi connectivity index (χ0) is 16.5. The van der Waals surface area contributed by atoms with E-state index in [9.17, 15) is 4.79 Å². The van der Waals surface area contributed by atoms with Crippen molar-refractivity contribution in [3.05, 3.63) is 27.7 Å². The van der Waals surface area contributed by atoms with Gasteiger partial charge in [-0.25, -0.2) is 4.79 Å². The van der Waals surface area contributed by atoms with Gasteiger partial charge < -0.3 is 20.3 Å². The molecule has 1 aromatic carbocycles. The van der Waals surface area contributed by atoms with Gasteiger partial charge >= 0.3 is 6.03 Å². The molecule has 2 N–H and O–H groups in total. The second kappa shape index (κ2) is 9.82. The van der Waals surface area contributed by atoms with Crippen LogP contribution >= 0.6 is 15.9 Å². The average Bonchev–Trinajstić information content (AvgIpc) is 2.45. The number of likely N-dealkylation sites (N-methyl/N-ethyl adjacent to an activating group) is 1. The summed E-state index contributed by atoms with van der Waals surface area (Å²) in [5.41, 5.74) is 2.96. The number of anilines is 1. The van der Waals surface area contributed by atoms with Crippen molar-refractivity contribution < 1.29 is 9.53 Å². The van der Waals surface area contributed by atoms with Crippen LogP contribution in [0.1, 0.15) is 17.5 Å². The third-order valence-corrected chi connectivity index (χ3v) is 3.87. The SMILES string of the molecule is COCCN(C)CCCNC(=O)Nc1c(C)cc(Br)cc1C. The third kappa shape index (κ3) is 6.77. The number of carbonyl (C=O) groups is 1. The van der Waals surface area contributed by atoms with Gasteiger partial charge in [0.1, 0.15) is 0 Å². The Morgan fingerprint density at radius 1 is 1.27 bits per heavy atom. The van der Waals surface area contributed by atoms with Gasteiger partial charge in [0, 0.05) is 30.4 Å². The monoisotopic (exact) mass is 371 g/mol. The van der Waals surface area contributed by atoms with Crippen LogP contribution in [0.15, 0.2) is 16.6 Å². The Kier molecular flexibility index (Phi) is 8.45. The fourth-order valence-electron chi connectivity index (χ4n) is 2.18. The summed E-state index contributed by atoms with van der Waals surface area (Å²) in [5, 5.41) is 5.82. The number of hydrogen-bond donors (Lipinski definition) is 2. The van der Waals surface area contributed by atoms with Crippen molar-refractivity contribution in [3.8, 4) is 0 Å². The number of nitrogens with one attached hydrogen (secondary N) is 2. The molecule has 0 unspecified atom stereocenters. The second-order valence-electron chi connectivity index (χ2n) is 5.45. The number of ether oxygens (including phenoxy) is 1. The molecular formula is C16H26BrN3O2. The van der Waals surface area contributed by atoms with Gasteiger partial charge in [-0.2, -0.15) is 0 Å². The van der Waals surface area contributed by atoms with E-state index in [2.05, 4.69) is 31.5 Å². The quantitative estimate of drug-likeness (QED) is 0.690. The summed E-state index contributed by atoms with van der Waals surface area (Å²) in [4.78, 5) is 14.1. The first-order valence-electron chi connectivity index (χ1n) is 7.43. The molecule has 0 saturated heterocycles. The second-order valence-corrected chi connectivity index (χ2v) is 6.36. The largest absolute Gasteiger partial charge is 0.383 e. The standard InChI is InChI=1S/C16H26BrN3O2/c1-12-10-14(17)11-13(2)15(12)19-16(21)18-6-5-7-20(3)8-9-22-4/h10-11H,5-9H2,1-4H3,(H2,18,19,21). The van der Waals surface area contributed by atoms with Crippen LogP contribution < -0.4 is 10.6 Å². The van der Waals surface area contributed by atoms with Crippen molar-refractivity contribution in [1.29, 1.82) is 0 Å². The fourth-order valence-corrected chi connectivity index (χ4v) is 2.86. The summed E-state index contributed by atoms with van der Waals surface area (Å²) in [5.74, 6) is 0. The van der Waals surface area contributed by atoms with Crippen LogP contribution in [0.3, 0.4) is 0 Å². The van der Waals surface area contributed by atoms with Crippen molar-refractivity contribution in [2.75, 3.05) is 45.7 Å². The van der Waals surface area contributed by atoms with Crippen molar-refractivity contribution in [3.63, 3.8) is 0 Å². The van der Waals surface area contributed by atoms with Gasteiger partial charge in [-0.3, -0.25) is 0 Å². The van der Waals surface area contributed by atoms with Crippen LogP contribution in [0.5, 0.6) is 0 Å². The maximum absolute atomic E-state index is 12.0. The molecule has 5 nitrogen and oxygen atoms in total. The number of urea groups is 1. The van der Waals surface area contributed by atoms with E-state index in [1.165, 1.54) is 0 Å². The van der Waals surface area contributed by atoms with Crippen molar-refractivity contribution in [1.82, 2.24) is 10.2 Å². The molecule has 0 heterocycles. The lowest BCUT2D eigenvalue weighted by Gasteiger charge is -2.16. The lowest BCUT2D eigenvalue weighted by atomic mass is 10.1. The van der Waals surface area contributed by atoms with E-state index in [4.69, 9.17) is 4.74 Å². The van der Waals surface area contributed by atoms with Crippen LogP contribution in [0.4, 0.5) is 10.5 Å². The molecule has 0 aliphatic rings. The topological polar surface area (TPSA) is 53.6 Å². The van der Waals surface area contributed by atoms with E-state index in [1.54, 1.807) is 7.11 Å². The Hall–Kier alpha value is -1.11. The molecule has 1 rings (SSSR count). The molecule has 0 atom stereocenters. The van der Waals surface area contributed by atoms with Crippen LogP contribution in [-0.4, -0.2) is 51.3 Å². The zero-order valence-electron chi connectivity index (χ0n) is 13.8. The van der Waals surface area contributed by atoms with E-state index < -0.39 is 0 Å². The molecule has 2 amide bonds. The van der Waals surface area contributed by atoms with Gasteiger partial charge in [0.2, 0.25) is 0 Å². The summed E-state index contributed by atoms with van der Waals surface area (Å²) >= 11 is 3.45. The van der Waals surface area contributed by atoms with Gasteiger partial charge in [0.05, 0.1) is 6.61 Å². The van der Waals surface area contributed by atoms with Crippen LogP contribution in [-0.2, 0) is 4.74 Å². The number of amides is 2. The Balaban J connectivity index is 2.32. The lowest BCUT2D eigenvalue weighted by molar-refractivity contribution is 0.160. The molecule has 0 aromatic heterocycles. The number of halogens is 1. The van der Waals surface area contributed by atoms with Crippen molar-refractivity contribution >= 4 is 27.6 Å². The molecule has 22 heavy (non-hydrogen) atoms. The van der Waals surface area contributed by atoms with Crippen molar-refractivity contribution in [2.24, 2.45) is 0 Å². The minimum absolute atomic E-state index is 0.159. The predicted octanol–water partition coefficient (Wildman–Crippen LogP) is 3.16. The van der Waals surface area contributed by atoms with E-state index in [0.717, 1.165) is 47.4 Å². The first-order valence-corrected chi connectivity index (χ1v) is 8.22. The third-order valence-electron chi connectivity index (χ3n) is 3.42.